The van der Waals surface area contributed by atoms with Crippen molar-refractivity contribution < 1.29 is 13.2 Å². The van der Waals surface area contributed by atoms with Gasteiger partial charge in [-0.1, -0.05) is 67.4 Å². The highest BCUT2D eigenvalue weighted by atomic mass is 35.5. The van der Waals surface area contributed by atoms with Crippen molar-refractivity contribution in [3.63, 3.8) is 0 Å². The van der Waals surface area contributed by atoms with E-state index in [2.05, 4.69) is 12.6 Å². The molecule has 8 heteroatoms. The Morgan fingerprint density at radius 1 is 1.14 bits per heavy atom. The third-order valence-corrected chi connectivity index (χ3v) is 9.75. The maximum Gasteiger partial charge on any atom is 0.229 e. The maximum absolute atomic E-state index is 14.5. The van der Waals surface area contributed by atoms with Gasteiger partial charge in [0.25, 0.3) is 0 Å². The molecule has 1 unspecified atom stereocenters. The number of benzene rings is 2. The molecular formula is C29H36Cl2N2O3S. The van der Waals surface area contributed by atoms with Crippen molar-refractivity contribution in [3.05, 3.63) is 82.4 Å². The first-order chi connectivity index (χ1) is 17.5. The lowest BCUT2D eigenvalue weighted by atomic mass is 9.67. The fourth-order valence-corrected chi connectivity index (χ4v) is 7.12. The van der Waals surface area contributed by atoms with Crippen LogP contribution in [0, 0.1) is 11.3 Å². The van der Waals surface area contributed by atoms with E-state index in [0.29, 0.717) is 29.4 Å². The highest BCUT2D eigenvalue weighted by Gasteiger charge is 2.53. The molecule has 0 radical (unpaired) electrons. The molecule has 1 saturated heterocycles. The summed E-state index contributed by atoms with van der Waals surface area (Å²) in [6, 6.07) is 15.0. The zero-order valence-corrected chi connectivity index (χ0v) is 24.1. The Bertz CT molecular complexity index is 1250. The lowest BCUT2D eigenvalue weighted by molar-refractivity contribution is -0.155. The van der Waals surface area contributed by atoms with Crippen LogP contribution in [0.1, 0.15) is 62.6 Å². The van der Waals surface area contributed by atoms with Gasteiger partial charge in [0.1, 0.15) is 0 Å². The second kappa shape index (κ2) is 11.1. The van der Waals surface area contributed by atoms with Gasteiger partial charge in [-0.25, -0.2) is 12.7 Å². The molecule has 200 valence electrons. The van der Waals surface area contributed by atoms with E-state index < -0.39 is 15.4 Å². The minimum atomic E-state index is -3.43. The van der Waals surface area contributed by atoms with Gasteiger partial charge < -0.3 is 4.90 Å². The van der Waals surface area contributed by atoms with Crippen LogP contribution in [0.5, 0.6) is 0 Å². The first-order valence-electron chi connectivity index (χ1n) is 12.9. The van der Waals surface area contributed by atoms with E-state index in [9.17, 15) is 13.2 Å². The average molecular weight is 564 g/mol. The quantitative estimate of drug-likeness (QED) is 0.303. The molecule has 0 spiro atoms. The second-order valence-corrected chi connectivity index (χ2v) is 13.6. The Kier molecular flexibility index (Phi) is 8.44. The Balaban J connectivity index is 1.91. The van der Waals surface area contributed by atoms with Crippen LogP contribution in [0.3, 0.4) is 0 Å². The van der Waals surface area contributed by atoms with Gasteiger partial charge in [-0.05, 0) is 67.0 Å². The van der Waals surface area contributed by atoms with Crippen LogP contribution in [0.15, 0.2) is 61.2 Å². The first kappa shape index (κ1) is 28.2. The van der Waals surface area contributed by atoms with Gasteiger partial charge >= 0.3 is 0 Å². The number of likely N-dealkylation sites (tertiary alicyclic amines) is 1. The van der Waals surface area contributed by atoms with Crippen molar-refractivity contribution in [1.29, 1.82) is 0 Å². The number of hydrogen-bond acceptors (Lipinski definition) is 3. The van der Waals surface area contributed by atoms with Crippen molar-refractivity contribution in [2.24, 2.45) is 11.3 Å². The molecule has 2 aromatic rings. The van der Waals surface area contributed by atoms with Gasteiger partial charge in [-0.15, -0.1) is 6.58 Å². The molecule has 0 N–H and O–H groups in total. The van der Waals surface area contributed by atoms with Gasteiger partial charge in [0.15, 0.2) is 0 Å². The number of sulfonamides is 1. The summed E-state index contributed by atoms with van der Waals surface area (Å²) in [7, 11) is -3.43. The van der Waals surface area contributed by atoms with Crippen LogP contribution in [0.4, 0.5) is 0 Å². The van der Waals surface area contributed by atoms with Crippen molar-refractivity contribution in [3.8, 4) is 0 Å². The zero-order valence-electron chi connectivity index (χ0n) is 21.7. The first-order valence-corrected chi connectivity index (χ1v) is 15.5. The summed E-state index contributed by atoms with van der Waals surface area (Å²) in [6.45, 7) is 8.44. The van der Waals surface area contributed by atoms with Crippen LogP contribution in [-0.2, 0) is 14.8 Å². The van der Waals surface area contributed by atoms with Crippen molar-refractivity contribution in [2.45, 2.75) is 57.5 Å². The summed E-state index contributed by atoms with van der Waals surface area (Å²) in [5.74, 6) is 0.254. The smallest absolute Gasteiger partial charge is 0.229 e. The third-order valence-electron chi connectivity index (χ3n) is 7.92. The number of allylic oxidation sites excluding steroid dienone is 1. The number of hydrogen-bond donors (Lipinski definition) is 0. The number of amides is 1. The van der Waals surface area contributed by atoms with E-state index >= 15 is 0 Å². The molecule has 37 heavy (non-hydrogen) atoms. The van der Waals surface area contributed by atoms with E-state index in [1.54, 1.807) is 0 Å². The fourth-order valence-electron chi connectivity index (χ4n) is 5.91. The summed E-state index contributed by atoms with van der Waals surface area (Å²) >= 11 is 12.7. The monoisotopic (exact) mass is 562 g/mol. The number of rotatable bonds is 10. The molecular weight excluding hydrogens is 527 g/mol. The van der Waals surface area contributed by atoms with E-state index in [0.717, 1.165) is 24.0 Å². The summed E-state index contributed by atoms with van der Waals surface area (Å²) < 4.78 is 26.8. The number of carbonyl (C=O) groups is 1. The van der Waals surface area contributed by atoms with Gasteiger partial charge in [0, 0.05) is 35.1 Å². The average Bonchev–Trinajstić information content (AvgIpc) is 3.67. The number of carbonyl (C=O) groups excluding carboxylic acids is 1. The number of halogens is 2. The molecule has 4 atom stereocenters. The predicted molar refractivity (Wildman–Crippen MR) is 151 cm³/mol. The van der Waals surface area contributed by atoms with E-state index in [1.165, 1.54) is 10.6 Å². The van der Waals surface area contributed by atoms with Crippen LogP contribution in [-0.4, -0.2) is 48.9 Å². The summed E-state index contributed by atoms with van der Waals surface area (Å²) in [6.07, 6.45) is 6.17. The molecule has 1 aliphatic heterocycles. The molecule has 0 bridgehead atoms. The Morgan fingerprint density at radius 3 is 2.35 bits per heavy atom. The van der Waals surface area contributed by atoms with Gasteiger partial charge in [0.05, 0.1) is 17.7 Å². The maximum atomic E-state index is 14.5. The molecule has 2 aliphatic rings. The normalized spacial score (nSPS) is 25.4. The number of piperidine rings is 1. The van der Waals surface area contributed by atoms with Crippen molar-refractivity contribution in [2.75, 3.05) is 19.3 Å². The molecule has 1 aliphatic carbocycles. The van der Waals surface area contributed by atoms with E-state index in [-0.39, 0.29) is 36.4 Å². The van der Waals surface area contributed by atoms with Crippen LogP contribution in [0.2, 0.25) is 10.0 Å². The Morgan fingerprint density at radius 2 is 1.81 bits per heavy atom. The predicted octanol–water partition coefficient (Wildman–Crippen LogP) is 6.69. The summed E-state index contributed by atoms with van der Waals surface area (Å²) in [5.41, 5.74) is 1.37. The molecule has 2 fully saturated rings. The molecule has 1 saturated carbocycles. The van der Waals surface area contributed by atoms with Gasteiger partial charge in [0.2, 0.25) is 15.9 Å². The Labute approximate surface area is 231 Å². The minimum absolute atomic E-state index is 0.0444. The third kappa shape index (κ3) is 6.08. The van der Waals surface area contributed by atoms with Crippen molar-refractivity contribution >= 4 is 39.1 Å². The largest absolute Gasteiger partial charge is 0.330 e. The number of nitrogens with zero attached hydrogens (tertiary/aromatic N) is 2. The SMILES string of the molecule is C=CC[C@@]1(C)C[C@H](c2cccc(Cl)c2)C(c2ccc(Cl)cc2)N([C@H](CN(CC)S(C)(=O)=O)C2CC2)C1=O. The molecule has 4 rings (SSSR count). The molecule has 2 aromatic carbocycles. The topological polar surface area (TPSA) is 57.7 Å². The van der Waals surface area contributed by atoms with Crippen LogP contribution < -0.4 is 0 Å². The summed E-state index contributed by atoms with van der Waals surface area (Å²) in [4.78, 5) is 16.5. The fraction of sp³-hybridized carbons (Fsp3) is 0.483. The molecule has 1 heterocycles. The lowest BCUT2D eigenvalue weighted by Gasteiger charge is -2.52. The number of likely N-dealkylation sites (N-methyl/N-ethyl adjacent to an activating group) is 1. The standard InChI is InChI=1S/C29H36Cl2N2O3S/c1-5-16-29(3)18-25(22-8-7-9-24(31)17-22)27(21-12-14-23(30)15-13-21)33(28(29)34)26(20-10-11-20)19-32(6-2)37(4,35)36/h5,7-9,12-15,17,20,25-27H,1,6,10-11,16,18-19H2,2-4H3/t25-,26-,27?,29+/m1/s1. The summed E-state index contributed by atoms with van der Waals surface area (Å²) in [5, 5.41) is 1.27. The van der Waals surface area contributed by atoms with Crippen LogP contribution >= 0.6 is 23.2 Å². The highest BCUT2D eigenvalue weighted by molar-refractivity contribution is 7.88. The van der Waals surface area contributed by atoms with E-state index in [1.807, 2.05) is 67.3 Å². The van der Waals surface area contributed by atoms with Gasteiger partial charge in [-0.3, -0.25) is 4.79 Å². The molecule has 5 nitrogen and oxygen atoms in total. The second-order valence-electron chi connectivity index (χ2n) is 10.7. The van der Waals surface area contributed by atoms with Crippen LogP contribution in [0.25, 0.3) is 0 Å². The minimum Gasteiger partial charge on any atom is -0.330 e. The Hall–Kier alpha value is -1.86. The van der Waals surface area contributed by atoms with Crippen molar-refractivity contribution in [1.82, 2.24) is 9.21 Å². The molecule has 0 aromatic heterocycles. The van der Waals surface area contributed by atoms with Gasteiger partial charge in [-0.2, -0.15) is 0 Å². The highest BCUT2D eigenvalue weighted by Crippen LogP contribution is 2.54. The zero-order chi connectivity index (χ0) is 27.0. The van der Waals surface area contributed by atoms with E-state index in [4.69, 9.17) is 23.2 Å². The lowest BCUT2D eigenvalue weighted by Crippen LogP contribution is -2.58. The molecule has 1 amide bonds.